The average molecular weight is 479 g/mol. The summed E-state index contributed by atoms with van der Waals surface area (Å²) in [5, 5.41) is 2.87. The van der Waals surface area contributed by atoms with Crippen molar-refractivity contribution < 1.29 is 23.8 Å². The summed E-state index contributed by atoms with van der Waals surface area (Å²) in [6.07, 6.45) is -1.18. The topological polar surface area (TPSA) is 78.8 Å². The lowest BCUT2D eigenvalue weighted by Crippen LogP contribution is -2.32. The van der Waals surface area contributed by atoms with Gasteiger partial charge in [0, 0.05) is 24.0 Å². The second kappa shape index (κ2) is 10.0. The van der Waals surface area contributed by atoms with Gasteiger partial charge in [0.25, 0.3) is 5.91 Å². The standard InChI is InChI=1S/C26H26N2O5S/c1-16-13-20-23(34-16)14-21(28(20)2)26(30)33-24(19-7-5-6-8-22(19)32-4)25(29)27-15-17-9-11-18(31-3)12-10-17/h5-14,24H,15H2,1-4H3,(H,27,29)/t24-/m0/s1. The molecule has 0 aliphatic carbocycles. The number of nitrogens with zero attached hydrogens (tertiary/aromatic N) is 1. The Kier molecular flexibility index (Phi) is 6.88. The molecule has 0 unspecified atom stereocenters. The number of rotatable bonds is 8. The van der Waals surface area contributed by atoms with E-state index in [1.807, 2.05) is 44.3 Å². The lowest BCUT2D eigenvalue weighted by atomic mass is 10.1. The number of aromatic nitrogens is 1. The fourth-order valence-corrected chi connectivity index (χ4v) is 4.75. The molecule has 1 amide bonds. The van der Waals surface area contributed by atoms with Gasteiger partial charge in [0.1, 0.15) is 17.2 Å². The average Bonchev–Trinajstić information content (AvgIpc) is 3.37. The van der Waals surface area contributed by atoms with E-state index in [0.29, 0.717) is 17.0 Å². The Bertz CT molecular complexity index is 1320. The number of hydrogen-bond donors (Lipinski definition) is 1. The zero-order chi connectivity index (χ0) is 24.2. The van der Waals surface area contributed by atoms with E-state index in [0.717, 1.165) is 26.4 Å². The second-order valence-electron chi connectivity index (χ2n) is 7.79. The van der Waals surface area contributed by atoms with Gasteiger partial charge in [0.15, 0.2) is 0 Å². The summed E-state index contributed by atoms with van der Waals surface area (Å²) in [5.41, 5.74) is 2.69. The lowest BCUT2D eigenvalue weighted by Gasteiger charge is -2.20. The molecule has 0 saturated heterocycles. The Morgan fingerprint density at radius 2 is 1.76 bits per heavy atom. The first-order chi connectivity index (χ1) is 16.4. The predicted molar refractivity (Wildman–Crippen MR) is 132 cm³/mol. The molecule has 2 aromatic carbocycles. The lowest BCUT2D eigenvalue weighted by molar-refractivity contribution is -0.130. The third kappa shape index (κ3) is 4.77. The molecule has 0 aliphatic rings. The molecule has 0 bridgehead atoms. The number of nitrogens with one attached hydrogen (secondary N) is 1. The molecule has 0 spiro atoms. The van der Waals surface area contributed by atoms with E-state index in [-0.39, 0.29) is 6.54 Å². The number of amides is 1. The largest absolute Gasteiger partial charge is 0.497 e. The molecule has 0 aliphatic heterocycles. The summed E-state index contributed by atoms with van der Waals surface area (Å²) in [6.45, 7) is 2.29. The minimum absolute atomic E-state index is 0.269. The number of benzene rings is 2. The molecule has 0 fully saturated rings. The van der Waals surface area contributed by atoms with Gasteiger partial charge in [-0.3, -0.25) is 4.79 Å². The van der Waals surface area contributed by atoms with Crippen molar-refractivity contribution in [1.82, 2.24) is 9.88 Å². The Morgan fingerprint density at radius 1 is 1.03 bits per heavy atom. The van der Waals surface area contributed by atoms with E-state index < -0.39 is 18.0 Å². The van der Waals surface area contributed by atoms with Gasteiger partial charge < -0.3 is 24.1 Å². The molecule has 4 rings (SSSR count). The predicted octanol–water partition coefficient (Wildman–Crippen LogP) is 4.78. The maximum Gasteiger partial charge on any atom is 0.356 e. The van der Waals surface area contributed by atoms with Crippen LogP contribution in [0.3, 0.4) is 0 Å². The fourth-order valence-electron chi connectivity index (χ4n) is 3.76. The Balaban J connectivity index is 1.59. The molecule has 8 heteroatoms. The number of para-hydroxylation sites is 1. The summed E-state index contributed by atoms with van der Waals surface area (Å²) >= 11 is 1.60. The van der Waals surface area contributed by atoms with E-state index in [4.69, 9.17) is 14.2 Å². The van der Waals surface area contributed by atoms with Crippen molar-refractivity contribution in [1.29, 1.82) is 0 Å². The Morgan fingerprint density at radius 3 is 2.44 bits per heavy atom. The van der Waals surface area contributed by atoms with Gasteiger partial charge in [-0.25, -0.2) is 4.79 Å². The second-order valence-corrected chi connectivity index (χ2v) is 9.08. The highest BCUT2D eigenvalue weighted by atomic mass is 32.1. The Labute approximate surface area is 201 Å². The normalized spacial score (nSPS) is 11.8. The Hall–Kier alpha value is -3.78. The van der Waals surface area contributed by atoms with Gasteiger partial charge in [-0.15, -0.1) is 11.3 Å². The minimum Gasteiger partial charge on any atom is -0.497 e. The van der Waals surface area contributed by atoms with Gasteiger partial charge in [-0.1, -0.05) is 30.3 Å². The van der Waals surface area contributed by atoms with Gasteiger partial charge >= 0.3 is 5.97 Å². The van der Waals surface area contributed by atoms with E-state index >= 15 is 0 Å². The smallest absolute Gasteiger partial charge is 0.356 e. The summed E-state index contributed by atoms with van der Waals surface area (Å²) in [7, 11) is 4.92. The number of ether oxygens (including phenoxy) is 3. The minimum atomic E-state index is -1.18. The number of methoxy groups -OCH3 is 2. The van der Waals surface area contributed by atoms with Crippen molar-refractivity contribution >= 4 is 33.4 Å². The number of carbonyl (C=O) groups is 2. The first-order valence-corrected chi connectivity index (χ1v) is 11.5. The van der Waals surface area contributed by atoms with Crippen molar-refractivity contribution in [3.05, 3.63) is 82.4 Å². The highest BCUT2D eigenvalue weighted by molar-refractivity contribution is 7.19. The van der Waals surface area contributed by atoms with Crippen LogP contribution < -0.4 is 14.8 Å². The van der Waals surface area contributed by atoms with Crippen LogP contribution in [0.4, 0.5) is 0 Å². The van der Waals surface area contributed by atoms with Crippen LogP contribution in [0.25, 0.3) is 10.2 Å². The summed E-state index contributed by atoms with van der Waals surface area (Å²) in [4.78, 5) is 27.6. The van der Waals surface area contributed by atoms with Crippen molar-refractivity contribution in [2.24, 2.45) is 7.05 Å². The zero-order valence-corrected chi connectivity index (χ0v) is 20.3. The van der Waals surface area contributed by atoms with E-state index in [2.05, 4.69) is 5.32 Å². The van der Waals surface area contributed by atoms with Crippen molar-refractivity contribution in [3.8, 4) is 11.5 Å². The van der Waals surface area contributed by atoms with Crippen LogP contribution in [0, 0.1) is 6.92 Å². The summed E-state index contributed by atoms with van der Waals surface area (Å²) in [5.74, 6) is 0.163. The fraction of sp³-hybridized carbons (Fsp3) is 0.231. The number of carbonyl (C=O) groups excluding carboxylic acids is 2. The molecule has 4 aromatic rings. The van der Waals surface area contributed by atoms with E-state index in [9.17, 15) is 9.59 Å². The molecule has 34 heavy (non-hydrogen) atoms. The van der Waals surface area contributed by atoms with Crippen molar-refractivity contribution in [3.63, 3.8) is 0 Å². The van der Waals surface area contributed by atoms with Crippen LogP contribution in [0.2, 0.25) is 0 Å². The quantitative estimate of drug-likeness (QED) is 0.369. The number of thiophene rings is 1. The van der Waals surface area contributed by atoms with Crippen LogP contribution in [-0.2, 0) is 23.1 Å². The molecule has 176 valence electrons. The number of hydrogen-bond acceptors (Lipinski definition) is 6. The van der Waals surface area contributed by atoms with Gasteiger partial charge in [-0.2, -0.15) is 0 Å². The maximum atomic E-state index is 13.3. The molecule has 1 N–H and O–H groups in total. The number of fused-ring (bicyclic) bond motifs is 1. The highest BCUT2D eigenvalue weighted by Crippen LogP contribution is 2.31. The molecule has 1 atom stereocenters. The SMILES string of the molecule is COc1ccc(CNC(=O)[C@@H](OC(=O)c2cc3sc(C)cc3n2C)c2ccccc2OC)cc1. The van der Waals surface area contributed by atoms with Gasteiger partial charge in [-0.05, 0) is 42.8 Å². The van der Waals surface area contributed by atoms with Crippen molar-refractivity contribution in [2.45, 2.75) is 19.6 Å². The molecule has 0 saturated carbocycles. The van der Waals surface area contributed by atoms with Crippen molar-refractivity contribution in [2.75, 3.05) is 14.2 Å². The third-order valence-corrected chi connectivity index (χ3v) is 6.56. The number of esters is 1. The first-order valence-electron chi connectivity index (χ1n) is 10.7. The molecule has 2 heterocycles. The highest BCUT2D eigenvalue weighted by Gasteiger charge is 2.29. The van der Waals surface area contributed by atoms with Crippen LogP contribution in [0.1, 0.15) is 32.6 Å². The van der Waals surface area contributed by atoms with Crippen LogP contribution in [-0.4, -0.2) is 30.7 Å². The molecular weight excluding hydrogens is 452 g/mol. The van der Waals surface area contributed by atoms with E-state index in [1.165, 1.54) is 7.11 Å². The molecule has 0 radical (unpaired) electrons. The summed E-state index contributed by atoms with van der Waals surface area (Å²) < 4.78 is 19.2. The van der Waals surface area contributed by atoms with Crippen LogP contribution >= 0.6 is 11.3 Å². The third-order valence-electron chi connectivity index (χ3n) is 5.57. The van der Waals surface area contributed by atoms with Crippen LogP contribution in [0.5, 0.6) is 11.5 Å². The van der Waals surface area contributed by atoms with Crippen LogP contribution in [0.15, 0.2) is 60.7 Å². The summed E-state index contributed by atoms with van der Waals surface area (Å²) in [6, 6.07) is 18.2. The monoisotopic (exact) mass is 478 g/mol. The first kappa shape index (κ1) is 23.4. The molecular formula is C26H26N2O5S. The zero-order valence-electron chi connectivity index (χ0n) is 19.5. The molecule has 7 nitrogen and oxygen atoms in total. The van der Waals surface area contributed by atoms with Gasteiger partial charge in [0.05, 0.1) is 24.4 Å². The number of aryl methyl sites for hydroxylation is 2. The van der Waals surface area contributed by atoms with Gasteiger partial charge in [0.2, 0.25) is 6.10 Å². The molecule has 2 aromatic heterocycles. The van der Waals surface area contributed by atoms with E-state index in [1.54, 1.807) is 53.3 Å². The maximum absolute atomic E-state index is 13.3.